The average Bonchev–Trinajstić information content (AvgIpc) is 3.25. The summed E-state index contributed by atoms with van der Waals surface area (Å²) in [6.45, 7) is 2.03. The molecule has 4 rings (SSSR count). The number of ether oxygens (including phenoxy) is 1. The minimum absolute atomic E-state index is 0.428. The van der Waals surface area contributed by atoms with Gasteiger partial charge in [-0.2, -0.15) is 0 Å². The normalized spacial score (nSPS) is 12.7. The molecule has 1 aliphatic heterocycles. The summed E-state index contributed by atoms with van der Waals surface area (Å²) >= 11 is 0. The van der Waals surface area contributed by atoms with Crippen LogP contribution in [0.25, 0.3) is 0 Å². The summed E-state index contributed by atoms with van der Waals surface area (Å²) in [6, 6.07) is 7.96. The van der Waals surface area contributed by atoms with Crippen molar-refractivity contribution in [1.82, 2.24) is 19.5 Å². The molecule has 0 unspecified atom stereocenters. The first kappa shape index (κ1) is 13.8. The second kappa shape index (κ2) is 6.08. The quantitative estimate of drug-likeness (QED) is 0.783. The lowest BCUT2D eigenvalue weighted by Gasteiger charge is -2.11. The lowest BCUT2D eigenvalue weighted by atomic mass is 10.2. The minimum atomic E-state index is 0.428. The predicted molar refractivity (Wildman–Crippen MR) is 86.3 cm³/mol. The van der Waals surface area contributed by atoms with E-state index in [0.29, 0.717) is 13.2 Å². The fourth-order valence-electron chi connectivity index (χ4n) is 2.66. The highest BCUT2D eigenvalue weighted by atomic mass is 16.5. The van der Waals surface area contributed by atoms with Crippen LogP contribution in [0.5, 0.6) is 5.75 Å². The molecule has 4 heterocycles. The highest BCUT2D eigenvalue weighted by molar-refractivity contribution is 5.49. The summed E-state index contributed by atoms with van der Waals surface area (Å²) in [5.41, 5.74) is 3.07. The number of anilines is 1. The van der Waals surface area contributed by atoms with Gasteiger partial charge in [-0.05, 0) is 30.2 Å². The van der Waals surface area contributed by atoms with Crippen LogP contribution in [-0.4, -0.2) is 26.1 Å². The molecule has 6 heteroatoms. The van der Waals surface area contributed by atoms with Crippen LogP contribution in [0.4, 0.5) is 5.82 Å². The van der Waals surface area contributed by atoms with Crippen molar-refractivity contribution in [3.05, 3.63) is 66.1 Å². The molecule has 0 spiro atoms. The zero-order valence-electron chi connectivity index (χ0n) is 12.6. The molecule has 0 radical (unpaired) electrons. The van der Waals surface area contributed by atoms with Gasteiger partial charge >= 0.3 is 0 Å². The van der Waals surface area contributed by atoms with Crippen LogP contribution in [0.2, 0.25) is 0 Å². The summed E-state index contributed by atoms with van der Waals surface area (Å²) in [4.78, 5) is 13.1. The standard InChI is InChI=1S/C17H17N5O/c1-2-16(15(19-6-1)10-22-9-8-18-12-22)23-11-14-4-3-13-5-7-20-17(13)21-14/h1-4,6,8-9,12H,5,7,10-11H2,(H,20,21). The summed E-state index contributed by atoms with van der Waals surface area (Å²) in [5, 5.41) is 3.29. The zero-order valence-corrected chi connectivity index (χ0v) is 12.6. The van der Waals surface area contributed by atoms with Gasteiger partial charge in [-0.25, -0.2) is 9.97 Å². The highest BCUT2D eigenvalue weighted by Crippen LogP contribution is 2.21. The number of hydrogen-bond acceptors (Lipinski definition) is 5. The van der Waals surface area contributed by atoms with Gasteiger partial charge < -0.3 is 14.6 Å². The Balaban J connectivity index is 1.48. The maximum Gasteiger partial charge on any atom is 0.143 e. The monoisotopic (exact) mass is 307 g/mol. The molecule has 0 amide bonds. The second-order valence-corrected chi connectivity index (χ2v) is 5.46. The summed E-state index contributed by atoms with van der Waals surface area (Å²) in [6.07, 6.45) is 8.25. The predicted octanol–water partition coefficient (Wildman–Crippen LogP) is 2.27. The number of imidazole rings is 1. The maximum absolute atomic E-state index is 5.95. The molecule has 3 aromatic rings. The van der Waals surface area contributed by atoms with Gasteiger partial charge in [0, 0.05) is 25.1 Å². The van der Waals surface area contributed by atoms with Crippen LogP contribution in [0.1, 0.15) is 17.0 Å². The largest absolute Gasteiger partial charge is 0.485 e. The van der Waals surface area contributed by atoms with Crippen molar-refractivity contribution in [3.63, 3.8) is 0 Å². The number of rotatable bonds is 5. The van der Waals surface area contributed by atoms with Crippen LogP contribution in [0.15, 0.2) is 49.2 Å². The SMILES string of the molecule is c1cnc(Cn2ccnc2)c(OCc2ccc3c(n2)NCC3)c1. The van der Waals surface area contributed by atoms with Crippen molar-refractivity contribution in [2.45, 2.75) is 19.6 Å². The number of nitrogens with one attached hydrogen (secondary N) is 1. The molecule has 0 fully saturated rings. The van der Waals surface area contributed by atoms with E-state index < -0.39 is 0 Å². The van der Waals surface area contributed by atoms with Crippen molar-refractivity contribution in [3.8, 4) is 5.75 Å². The lowest BCUT2D eigenvalue weighted by Crippen LogP contribution is -2.05. The number of aromatic nitrogens is 4. The van der Waals surface area contributed by atoms with Gasteiger partial charge in [-0.1, -0.05) is 6.07 Å². The zero-order chi connectivity index (χ0) is 15.5. The number of pyridine rings is 2. The number of fused-ring (bicyclic) bond motifs is 1. The van der Waals surface area contributed by atoms with Crippen molar-refractivity contribution in [1.29, 1.82) is 0 Å². The van der Waals surface area contributed by atoms with Gasteiger partial charge in [0.1, 0.15) is 23.9 Å². The van der Waals surface area contributed by atoms with E-state index in [4.69, 9.17) is 4.74 Å². The Hall–Kier alpha value is -2.89. The molecule has 0 saturated carbocycles. The first-order valence-corrected chi connectivity index (χ1v) is 7.63. The molecular weight excluding hydrogens is 290 g/mol. The smallest absolute Gasteiger partial charge is 0.143 e. The maximum atomic E-state index is 5.95. The number of hydrogen-bond donors (Lipinski definition) is 1. The average molecular weight is 307 g/mol. The van der Waals surface area contributed by atoms with Crippen LogP contribution >= 0.6 is 0 Å². The van der Waals surface area contributed by atoms with Crippen molar-refractivity contribution in [2.75, 3.05) is 11.9 Å². The van der Waals surface area contributed by atoms with E-state index in [2.05, 4.69) is 26.3 Å². The Labute approximate surface area is 134 Å². The molecule has 1 N–H and O–H groups in total. The van der Waals surface area contributed by atoms with E-state index >= 15 is 0 Å². The summed E-state index contributed by atoms with van der Waals surface area (Å²) < 4.78 is 7.91. The second-order valence-electron chi connectivity index (χ2n) is 5.46. The first-order valence-electron chi connectivity index (χ1n) is 7.63. The van der Waals surface area contributed by atoms with Crippen molar-refractivity contribution in [2.24, 2.45) is 0 Å². The van der Waals surface area contributed by atoms with Crippen LogP contribution in [0, 0.1) is 0 Å². The molecule has 0 saturated heterocycles. The minimum Gasteiger partial charge on any atom is -0.485 e. The summed E-state index contributed by atoms with van der Waals surface area (Å²) in [5.74, 6) is 1.76. The fraction of sp³-hybridized carbons (Fsp3) is 0.235. The Bertz CT molecular complexity index is 801. The van der Waals surface area contributed by atoms with Gasteiger partial charge in [0.25, 0.3) is 0 Å². The highest BCUT2D eigenvalue weighted by Gasteiger charge is 2.12. The Kier molecular flexibility index (Phi) is 3.63. The van der Waals surface area contributed by atoms with Crippen LogP contribution in [0.3, 0.4) is 0 Å². The molecule has 0 atom stereocenters. The van der Waals surface area contributed by atoms with Gasteiger partial charge in [-0.3, -0.25) is 4.98 Å². The molecule has 1 aliphatic rings. The molecule has 3 aromatic heterocycles. The van der Waals surface area contributed by atoms with E-state index in [1.807, 2.05) is 29.0 Å². The Morgan fingerprint density at radius 1 is 1.22 bits per heavy atom. The lowest BCUT2D eigenvalue weighted by molar-refractivity contribution is 0.296. The third-order valence-electron chi connectivity index (χ3n) is 3.84. The van der Waals surface area contributed by atoms with E-state index in [9.17, 15) is 0 Å². The van der Waals surface area contributed by atoms with Gasteiger partial charge in [0.05, 0.1) is 18.6 Å². The fourth-order valence-corrected chi connectivity index (χ4v) is 2.66. The number of nitrogens with zero attached hydrogens (tertiary/aromatic N) is 4. The Morgan fingerprint density at radius 3 is 3.13 bits per heavy atom. The molecule has 0 aliphatic carbocycles. The van der Waals surface area contributed by atoms with Crippen molar-refractivity contribution >= 4 is 5.82 Å². The molecule has 23 heavy (non-hydrogen) atoms. The van der Waals surface area contributed by atoms with Gasteiger partial charge in [-0.15, -0.1) is 0 Å². The third-order valence-corrected chi connectivity index (χ3v) is 3.84. The molecule has 0 bridgehead atoms. The Morgan fingerprint density at radius 2 is 2.22 bits per heavy atom. The van der Waals surface area contributed by atoms with Gasteiger partial charge in [0.15, 0.2) is 0 Å². The van der Waals surface area contributed by atoms with E-state index in [0.717, 1.165) is 35.9 Å². The van der Waals surface area contributed by atoms with Gasteiger partial charge in [0.2, 0.25) is 0 Å². The molecule has 116 valence electrons. The molecular formula is C17H17N5O. The topological polar surface area (TPSA) is 64.9 Å². The van der Waals surface area contributed by atoms with E-state index in [-0.39, 0.29) is 0 Å². The molecule has 0 aromatic carbocycles. The third kappa shape index (κ3) is 3.01. The van der Waals surface area contributed by atoms with Crippen molar-refractivity contribution < 1.29 is 4.74 Å². The first-order chi connectivity index (χ1) is 11.4. The van der Waals surface area contributed by atoms with Crippen LogP contribution in [-0.2, 0) is 19.6 Å². The van der Waals surface area contributed by atoms with Crippen LogP contribution < -0.4 is 10.1 Å². The van der Waals surface area contributed by atoms with E-state index in [1.165, 1.54) is 5.56 Å². The van der Waals surface area contributed by atoms with E-state index in [1.54, 1.807) is 18.7 Å². The molecule has 6 nitrogen and oxygen atoms in total. The summed E-state index contributed by atoms with van der Waals surface area (Å²) in [7, 11) is 0.